The van der Waals surface area contributed by atoms with Gasteiger partial charge in [0.05, 0.1) is 11.3 Å². The van der Waals surface area contributed by atoms with E-state index in [0.29, 0.717) is 5.56 Å². The van der Waals surface area contributed by atoms with Crippen molar-refractivity contribution in [2.45, 2.75) is 32.8 Å². The van der Waals surface area contributed by atoms with Crippen LogP contribution in [0.3, 0.4) is 0 Å². The molecule has 0 saturated carbocycles. The molecule has 5 N–H and O–H groups in total. The first kappa shape index (κ1) is 13.5. The molecule has 1 amide bonds. The Morgan fingerprint density at radius 2 is 2.05 bits per heavy atom. The average Bonchev–Trinajstić information content (AvgIpc) is 2.86. The van der Waals surface area contributed by atoms with Crippen molar-refractivity contribution in [3.05, 3.63) is 34.9 Å². The number of hydrogen-bond acceptors (Lipinski definition) is 3. The number of rotatable bonds is 2. The number of ether oxygens (including phenoxy) is 1. The maximum atomic E-state index is 11.4. The van der Waals surface area contributed by atoms with Gasteiger partial charge in [-0.3, -0.25) is 4.79 Å². The third-order valence-electron chi connectivity index (χ3n) is 3.71. The number of nitrogens with one attached hydrogen (secondary N) is 1. The standard InChI is InChI=1S/C16H19N3O2/c1-8-4-9-7-16(2,3)21-13(9)10(5-8)12-6-11(15(18)20)14(17)19-12/h4-6,19H,7,17H2,1-3H3,(H2,18,20). The number of benzene rings is 1. The Morgan fingerprint density at radius 1 is 1.33 bits per heavy atom. The van der Waals surface area contributed by atoms with Gasteiger partial charge in [-0.1, -0.05) is 6.07 Å². The largest absolute Gasteiger partial charge is 0.487 e. The van der Waals surface area contributed by atoms with Crippen molar-refractivity contribution < 1.29 is 9.53 Å². The van der Waals surface area contributed by atoms with E-state index < -0.39 is 5.91 Å². The van der Waals surface area contributed by atoms with Gasteiger partial charge < -0.3 is 21.2 Å². The lowest BCUT2D eigenvalue weighted by Crippen LogP contribution is -2.24. The summed E-state index contributed by atoms with van der Waals surface area (Å²) < 4.78 is 6.07. The maximum Gasteiger partial charge on any atom is 0.252 e. The number of carbonyl (C=O) groups excluding carboxylic acids is 1. The molecule has 0 bridgehead atoms. The molecule has 0 unspecified atom stereocenters. The summed E-state index contributed by atoms with van der Waals surface area (Å²) in [5, 5.41) is 0. The van der Waals surface area contributed by atoms with Crippen LogP contribution < -0.4 is 16.2 Å². The molecular weight excluding hydrogens is 266 g/mol. The van der Waals surface area contributed by atoms with Gasteiger partial charge in [0.15, 0.2) is 0 Å². The van der Waals surface area contributed by atoms with Gasteiger partial charge in [-0.25, -0.2) is 0 Å². The number of amides is 1. The molecular formula is C16H19N3O2. The first-order chi connectivity index (χ1) is 9.77. The summed E-state index contributed by atoms with van der Waals surface area (Å²) in [6, 6.07) is 5.84. The monoisotopic (exact) mass is 285 g/mol. The third-order valence-corrected chi connectivity index (χ3v) is 3.71. The molecule has 1 aromatic heterocycles. The lowest BCUT2D eigenvalue weighted by atomic mass is 9.97. The van der Waals surface area contributed by atoms with E-state index in [1.54, 1.807) is 6.07 Å². The highest BCUT2D eigenvalue weighted by molar-refractivity contribution is 5.99. The molecule has 21 heavy (non-hydrogen) atoms. The molecule has 110 valence electrons. The molecule has 1 aliphatic heterocycles. The fourth-order valence-electron chi connectivity index (χ4n) is 2.89. The Bertz CT molecular complexity index is 744. The zero-order valence-electron chi connectivity index (χ0n) is 12.4. The first-order valence-electron chi connectivity index (χ1n) is 6.88. The van der Waals surface area contributed by atoms with Gasteiger partial charge in [0.1, 0.15) is 17.2 Å². The molecule has 0 radical (unpaired) electrons. The highest BCUT2D eigenvalue weighted by Gasteiger charge is 2.32. The van der Waals surface area contributed by atoms with Crippen LogP contribution in [0.1, 0.15) is 35.3 Å². The number of aryl methyl sites for hydroxylation is 1. The first-order valence-corrected chi connectivity index (χ1v) is 6.88. The van der Waals surface area contributed by atoms with Crippen molar-refractivity contribution in [3.63, 3.8) is 0 Å². The van der Waals surface area contributed by atoms with Crippen LogP contribution in [0.4, 0.5) is 5.82 Å². The number of primary amides is 1. The summed E-state index contributed by atoms with van der Waals surface area (Å²) in [4.78, 5) is 14.4. The molecule has 2 aromatic rings. The third kappa shape index (κ3) is 2.24. The average molecular weight is 285 g/mol. The van der Waals surface area contributed by atoms with Crippen LogP contribution in [0.25, 0.3) is 11.3 Å². The van der Waals surface area contributed by atoms with Gasteiger partial charge in [-0.15, -0.1) is 0 Å². The van der Waals surface area contributed by atoms with Crippen LogP contribution in [0.2, 0.25) is 0 Å². The molecule has 0 aliphatic carbocycles. The van der Waals surface area contributed by atoms with Crippen molar-refractivity contribution in [1.82, 2.24) is 4.98 Å². The number of aromatic amines is 1. The topological polar surface area (TPSA) is 94.1 Å². The predicted octanol–water partition coefficient (Wildman–Crippen LogP) is 2.38. The number of nitrogen functional groups attached to an aromatic ring is 1. The van der Waals surface area contributed by atoms with E-state index in [0.717, 1.165) is 29.0 Å². The summed E-state index contributed by atoms with van der Waals surface area (Å²) in [7, 11) is 0. The van der Waals surface area contributed by atoms with E-state index in [-0.39, 0.29) is 11.4 Å². The van der Waals surface area contributed by atoms with E-state index in [1.807, 2.05) is 13.0 Å². The fourth-order valence-corrected chi connectivity index (χ4v) is 2.89. The minimum atomic E-state index is -0.541. The Labute approximate surface area is 123 Å². The lowest BCUT2D eigenvalue weighted by Gasteiger charge is -2.18. The number of hydrogen-bond donors (Lipinski definition) is 3. The minimum Gasteiger partial charge on any atom is -0.487 e. The smallest absolute Gasteiger partial charge is 0.252 e. The highest BCUT2D eigenvalue weighted by atomic mass is 16.5. The van der Waals surface area contributed by atoms with Gasteiger partial charge in [0.2, 0.25) is 0 Å². The number of carbonyl (C=O) groups is 1. The van der Waals surface area contributed by atoms with Crippen LogP contribution in [0.5, 0.6) is 5.75 Å². The molecule has 5 heteroatoms. The molecule has 1 aromatic carbocycles. The van der Waals surface area contributed by atoms with Crippen LogP contribution in [0.15, 0.2) is 18.2 Å². The van der Waals surface area contributed by atoms with E-state index in [9.17, 15) is 4.79 Å². The van der Waals surface area contributed by atoms with E-state index in [2.05, 4.69) is 24.9 Å². The highest BCUT2D eigenvalue weighted by Crippen LogP contribution is 2.43. The van der Waals surface area contributed by atoms with Crippen LogP contribution in [0, 0.1) is 6.92 Å². The number of fused-ring (bicyclic) bond motifs is 1. The lowest BCUT2D eigenvalue weighted by molar-refractivity contribution is 0.100. The number of H-pyrrole nitrogens is 1. The summed E-state index contributed by atoms with van der Waals surface area (Å²) >= 11 is 0. The van der Waals surface area contributed by atoms with E-state index in [1.165, 1.54) is 5.56 Å². The summed E-state index contributed by atoms with van der Waals surface area (Å²) in [5.41, 5.74) is 15.2. The van der Waals surface area contributed by atoms with Crippen LogP contribution in [-0.2, 0) is 6.42 Å². The van der Waals surface area contributed by atoms with Crippen molar-refractivity contribution >= 4 is 11.7 Å². The number of aromatic nitrogens is 1. The second-order valence-corrected chi connectivity index (χ2v) is 6.21. The second-order valence-electron chi connectivity index (χ2n) is 6.21. The van der Waals surface area contributed by atoms with Crippen molar-refractivity contribution in [2.24, 2.45) is 5.73 Å². The van der Waals surface area contributed by atoms with Crippen molar-refractivity contribution in [3.8, 4) is 17.0 Å². The van der Waals surface area contributed by atoms with Crippen molar-refractivity contribution in [1.29, 1.82) is 0 Å². The van der Waals surface area contributed by atoms with Gasteiger partial charge >= 0.3 is 0 Å². The van der Waals surface area contributed by atoms with Crippen LogP contribution in [-0.4, -0.2) is 16.5 Å². The zero-order chi connectivity index (χ0) is 15.4. The molecule has 1 aliphatic rings. The molecule has 0 saturated heterocycles. The summed E-state index contributed by atoms with van der Waals surface area (Å²) in [6.07, 6.45) is 0.857. The van der Waals surface area contributed by atoms with Gasteiger partial charge in [0, 0.05) is 12.0 Å². The minimum absolute atomic E-state index is 0.227. The SMILES string of the molecule is Cc1cc2c(c(-c3cc(C(N)=O)c(N)[nH]3)c1)OC(C)(C)C2. The quantitative estimate of drug-likeness (QED) is 0.790. The van der Waals surface area contributed by atoms with E-state index in [4.69, 9.17) is 16.2 Å². The summed E-state index contributed by atoms with van der Waals surface area (Å²) in [6.45, 7) is 6.16. The normalized spacial score (nSPS) is 15.6. The Kier molecular flexibility index (Phi) is 2.76. The number of anilines is 1. The molecule has 5 nitrogen and oxygen atoms in total. The second kappa shape index (κ2) is 4.28. The predicted molar refractivity (Wildman–Crippen MR) is 82.3 cm³/mol. The maximum absolute atomic E-state index is 11.4. The van der Waals surface area contributed by atoms with E-state index >= 15 is 0 Å². The fraction of sp³-hybridized carbons (Fsp3) is 0.312. The zero-order valence-corrected chi connectivity index (χ0v) is 12.4. The molecule has 0 fully saturated rings. The Balaban J connectivity index is 2.17. The molecule has 0 spiro atoms. The van der Waals surface area contributed by atoms with Gasteiger partial charge in [0.25, 0.3) is 5.91 Å². The van der Waals surface area contributed by atoms with Crippen LogP contribution >= 0.6 is 0 Å². The molecule has 0 atom stereocenters. The molecule has 2 heterocycles. The molecule has 3 rings (SSSR count). The van der Waals surface area contributed by atoms with Gasteiger partial charge in [-0.2, -0.15) is 0 Å². The Hall–Kier alpha value is -2.43. The Morgan fingerprint density at radius 3 is 2.67 bits per heavy atom. The summed E-state index contributed by atoms with van der Waals surface area (Å²) in [5.74, 6) is 0.591. The number of nitrogens with two attached hydrogens (primary N) is 2. The van der Waals surface area contributed by atoms with Gasteiger partial charge in [-0.05, 0) is 44.0 Å². The van der Waals surface area contributed by atoms with Crippen molar-refractivity contribution in [2.75, 3.05) is 5.73 Å².